The Labute approximate surface area is 145 Å². The van der Waals surface area contributed by atoms with Crippen molar-refractivity contribution in [1.29, 1.82) is 0 Å². The molecule has 1 aromatic rings. The number of hydrogen-bond donors (Lipinski definition) is 1. The van der Waals surface area contributed by atoms with E-state index >= 15 is 0 Å². The molecule has 0 aliphatic carbocycles. The van der Waals surface area contributed by atoms with Gasteiger partial charge in [-0.05, 0) is 32.9 Å². The highest BCUT2D eigenvalue weighted by molar-refractivity contribution is 6.27. The van der Waals surface area contributed by atoms with Gasteiger partial charge in [0, 0.05) is 23.6 Å². The Kier molecular flexibility index (Phi) is 3.25. The van der Waals surface area contributed by atoms with E-state index < -0.39 is 5.54 Å². The van der Waals surface area contributed by atoms with Crippen LogP contribution < -0.4 is 10.4 Å². The molecule has 2 saturated heterocycles. The van der Waals surface area contributed by atoms with E-state index in [9.17, 15) is 14.4 Å². The van der Waals surface area contributed by atoms with Crippen LogP contribution in [0.5, 0.6) is 0 Å². The Hall–Kier alpha value is -2.41. The van der Waals surface area contributed by atoms with E-state index in [4.69, 9.17) is 4.84 Å². The van der Waals surface area contributed by atoms with Gasteiger partial charge in [0.15, 0.2) is 0 Å². The SMILES string of the molecule is CC(C)(C)NC(=O)CN1C[C@@H]2CON3c4ccccc4C(=O)[C@@]23C1=O. The van der Waals surface area contributed by atoms with Gasteiger partial charge in [0.05, 0.1) is 18.8 Å². The Bertz CT molecular complexity index is 785. The molecular weight excluding hydrogens is 322 g/mol. The molecule has 1 N–H and O–H groups in total. The Morgan fingerprint density at radius 1 is 1.32 bits per heavy atom. The van der Waals surface area contributed by atoms with Gasteiger partial charge < -0.3 is 10.2 Å². The van der Waals surface area contributed by atoms with Crippen LogP contribution in [-0.4, -0.2) is 53.3 Å². The predicted molar refractivity (Wildman–Crippen MR) is 89.9 cm³/mol. The number of nitrogens with zero attached hydrogens (tertiary/aromatic N) is 2. The molecule has 25 heavy (non-hydrogen) atoms. The number of fused-ring (bicyclic) bond motifs is 2. The van der Waals surface area contributed by atoms with Crippen LogP contribution in [0.4, 0.5) is 5.69 Å². The standard InChI is InChI=1S/C18H21N3O4/c1-17(2,3)19-14(22)9-20-8-11-10-25-21-13-7-5-4-6-12(13)15(23)18(11,21)16(20)24/h4-7,11H,8-10H2,1-3H3,(H,19,22)/t11-,18-/m1/s1. The van der Waals surface area contributed by atoms with Crippen LogP contribution in [0.15, 0.2) is 24.3 Å². The first-order valence-electron chi connectivity index (χ1n) is 8.42. The van der Waals surface area contributed by atoms with Gasteiger partial charge in [-0.25, -0.2) is 5.06 Å². The lowest BCUT2D eigenvalue weighted by Gasteiger charge is -2.28. The maximum absolute atomic E-state index is 13.2. The molecule has 0 aromatic heterocycles. The number of Topliss-reactive ketones (excluding diaryl/α,β-unsaturated/α-hetero) is 1. The van der Waals surface area contributed by atoms with Crippen LogP contribution in [0.2, 0.25) is 0 Å². The number of hydroxylamine groups is 1. The lowest BCUT2D eigenvalue weighted by molar-refractivity contribution is -0.136. The third-order valence-corrected chi connectivity index (χ3v) is 4.93. The average molecular weight is 343 g/mol. The first-order valence-corrected chi connectivity index (χ1v) is 8.42. The van der Waals surface area contributed by atoms with E-state index in [0.29, 0.717) is 24.4 Å². The Morgan fingerprint density at radius 2 is 2.04 bits per heavy atom. The molecule has 3 aliphatic heterocycles. The number of rotatable bonds is 2. The predicted octanol–water partition coefficient (Wildman–Crippen LogP) is 0.746. The number of benzene rings is 1. The minimum atomic E-state index is -1.34. The number of ketones is 1. The quantitative estimate of drug-likeness (QED) is 0.802. The summed E-state index contributed by atoms with van der Waals surface area (Å²) in [6.45, 7) is 6.24. The number of nitrogens with one attached hydrogen (secondary N) is 1. The summed E-state index contributed by atoms with van der Waals surface area (Å²) in [7, 11) is 0. The summed E-state index contributed by atoms with van der Waals surface area (Å²) in [4.78, 5) is 45.7. The van der Waals surface area contributed by atoms with Gasteiger partial charge in [-0.2, -0.15) is 0 Å². The van der Waals surface area contributed by atoms with Crippen molar-refractivity contribution in [2.45, 2.75) is 31.8 Å². The number of para-hydroxylation sites is 1. The van der Waals surface area contributed by atoms with E-state index in [1.54, 1.807) is 18.2 Å². The molecule has 0 radical (unpaired) electrons. The first kappa shape index (κ1) is 16.1. The second-order valence-electron chi connectivity index (χ2n) is 7.88. The largest absolute Gasteiger partial charge is 0.350 e. The molecule has 7 heteroatoms. The molecule has 1 spiro atoms. The lowest BCUT2D eigenvalue weighted by Crippen LogP contribution is -2.56. The smallest absolute Gasteiger partial charge is 0.260 e. The summed E-state index contributed by atoms with van der Waals surface area (Å²) in [6.07, 6.45) is 0. The lowest BCUT2D eigenvalue weighted by atomic mass is 9.84. The number of likely N-dealkylation sites (tertiary alicyclic amines) is 1. The number of hydrogen-bond acceptors (Lipinski definition) is 5. The molecule has 3 heterocycles. The molecule has 2 atom stereocenters. The summed E-state index contributed by atoms with van der Waals surface area (Å²) >= 11 is 0. The van der Waals surface area contributed by atoms with E-state index in [0.717, 1.165) is 0 Å². The van der Waals surface area contributed by atoms with Gasteiger partial charge in [0.1, 0.15) is 0 Å². The van der Waals surface area contributed by atoms with Crippen LogP contribution in [-0.2, 0) is 14.4 Å². The molecule has 3 aliphatic rings. The molecular formula is C18H21N3O4. The number of carbonyl (C=O) groups is 3. The van der Waals surface area contributed by atoms with Gasteiger partial charge >= 0.3 is 0 Å². The number of amides is 2. The molecule has 7 nitrogen and oxygen atoms in total. The number of anilines is 1. The van der Waals surface area contributed by atoms with Crippen molar-refractivity contribution in [2.75, 3.05) is 24.8 Å². The third-order valence-electron chi connectivity index (χ3n) is 4.93. The first-order chi connectivity index (χ1) is 11.7. The van der Waals surface area contributed by atoms with Crippen LogP contribution in [0.1, 0.15) is 31.1 Å². The fourth-order valence-corrected chi connectivity index (χ4v) is 4.04. The molecule has 2 amide bonds. The molecule has 0 bridgehead atoms. The average Bonchev–Trinajstić information content (AvgIpc) is 3.09. The van der Waals surface area contributed by atoms with Crippen molar-refractivity contribution in [3.05, 3.63) is 29.8 Å². The Morgan fingerprint density at radius 3 is 2.76 bits per heavy atom. The van der Waals surface area contributed by atoms with E-state index in [1.165, 1.54) is 9.96 Å². The summed E-state index contributed by atoms with van der Waals surface area (Å²) in [5.74, 6) is -1.08. The monoisotopic (exact) mass is 343 g/mol. The maximum atomic E-state index is 13.2. The van der Waals surface area contributed by atoms with Crippen molar-refractivity contribution in [3.8, 4) is 0 Å². The van der Waals surface area contributed by atoms with Crippen molar-refractivity contribution in [2.24, 2.45) is 5.92 Å². The van der Waals surface area contributed by atoms with Crippen LogP contribution in [0.25, 0.3) is 0 Å². The molecule has 2 fully saturated rings. The normalized spacial score (nSPS) is 27.4. The zero-order valence-electron chi connectivity index (χ0n) is 14.5. The maximum Gasteiger partial charge on any atom is 0.260 e. The van der Waals surface area contributed by atoms with Crippen molar-refractivity contribution in [1.82, 2.24) is 10.2 Å². The van der Waals surface area contributed by atoms with Crippen LogP contribution >= 0.6 is 0 Å². The van der Waals surface area contributed by atoms with E-state index in [-0.39, 0.29) is 35.6 Å². The number of carbonyl (C=O) groups excluding carboxylic acids is 3. The molecule has 0 saturated carbocycles. The van der Waals surface area contributed by atoms with Gasteiger partial charge in [-0.1, -0.05) is 12.1 Å². The van der Waals surface area contributed by atoms with Gasteiger partial charge in [0.25, 0.3) is 5.91 Å². The van der Waals surface area contributed by atoms with Crippen LogP contribution in [0, 0.1) is 5.92 Å². The highest BCUT2D eigenvalue weighted by atomic mass is 16.7. The third kappa shape index (κ3) is 2.12. The zero-order chi connectivity index (χ0) is 18.0. The summed E-state index contributed by atoms with van der Waals surface area (Å²) in [5.41, 5.74) is -0.584. The van der Waals surface area contributed by atoms with Crippen LogP contribution in [0.3, 0.4) is 0 Å². The van der Waals surface area contributed by atoms with Crippen molar-refractivity contribution >= 4 is 23.3 Å². The summed E-state index contributed by atoms with van der Waals surface area (Å²) in [5, 5.41) is 4.33. The summed E-state index contributed by atoms with van der Waals surface area (Å²) < 4.78 is 0. The fourth-order valence-electron chi connectivity index (χ4n) is 4.04. The minimum Gasteiger partial charge on any atom is -0.350 e. The van der Waals surface area contributed by atoms with Crippen molar-refractivity contribution < 1.29 is 19.2 Å². The summed E-state index contributed by atoms with van der Waals surface area (Å²) in [6, 6.07) is 7.09. The van der Waals surface area contributed by atoms with Gasteiger partial charge in [0.2, 0.25) is 17.2 Å². The second-order valence-corrected chi connectivity index (χ2v) is 7.88. The Balaban J connectivity index is 1.63. The second kappa shape index (κ2) is 5.05. The molecule has 4 rings (SSSR count). The topological polar surface area (TPSA) is 79.0 Å². The van der Waals surface area contributed by atoms with E-state index in [1.807, 2.05) is 26.8 Å². The molecule has 132 valence electrons. The highest BCUT2D eigenvalue weighted by Gasteiger charge is 2.70. The molecule has 0 unspecified atom stereocenters. The highest BCUT2D eigenvalue weighted by Crippen LogP contribution is 2.50. The van der Waals surface area contributed by atoms with Gasteiger partial charge in [-0.15, -0.1) is 0 Å². The fraction of sp³-hybridized carbons (Fsp3) is 0.500. The molecule has 1 aromatic carbocycles. The zero-order valence-corrected chi connectivity index (χ0v) is 14.5. The van der Waals surface area contributed by atoms with Gasteiger partial charge in [-0.3, -0.25) is 19.2 Å². The van der Waals surface area contributed by atoms with E-state index in [2.05, 4.69) is 5.32 Å². The minimum absolute atomic E-state index is 0.0498. The van der Waals surface area contributed by atoms with Crippen molar-refractivity contribution in [3.63, 3.8) is 0 Å².